The molecule has 6 heteroatoms. The molecular weight excluding hydrogens is 396 g/mol. The van der Waals surface area contributed by atoms with E-state index in [1.165, 1.54) is 0 Å². The molecule has 0 fully saturated rings. The molecule has 5 nitrogen and oxygen atoms in total. The van der Waals surface area contributed by atoms with Crippen LogP contribution in [0.25, 0.3) is 6.08 Å². The Balaban J connectivity index is 1.87. The Morgan fingerprint density at radius 2 is 1.96 bits per heavy atom. The summed E-state index contributed by atoms with van der Waals surface area (Å²) in [4.78, 5) is 25.2. The van der Waals surface area contributed by atoms with Gasteiger partial charge in [0.25, 0.3) is 11.8 Å². The van der Waals surface area contributed by atoms with E-state index in [2.05, 4.69) is 21.0 Å². The summed E-state index contributed by atoms with van der Waals surface area (Å²) in [5, 5.41) is 5.06. The van der Waals surface area contributed by atoms with Crippen LogP contribution in [0, 0.1) is 0 Å². The van der Waals surface area contributed by atoms with E-state index < -0.39 is 11.8 Å². The van der Waals surface area contributed by atoms with Gasteiger partial charge in [0.1, 0.15) is 5.75 Å². The van der Waals surface area contributed by atoms with Crippen LogP contribution in [0.15, 0.2) is 63.7 Å². The van der Waals surface area contributed by atoms with E-state index in [4.69, 9.17) is 4.74 Å². The second-order valence-corrected chi connectivity index (χ2v) is 6.51. The predicted molar refractivity (Wildman–Crippen MR) is 104 cm³/mol. The second-order valence-electron chi connectivity index (χ2n) is 5.65. The fraction of sp³-hybridized carbons (Fsp3) is 0.150. The Morgan fingerprint density at radius 1 is 1.23 bits per heavy atom. The molecule has 1 aliphatic rings. The van der Waals surface area contributed by atoms with Crippen LogP contribution in [0.4, 0.5) is 0 Å². The van der Waals surface area contributed by atoms with Gasteiger partial charge in [-0.3, -0.25) is 9.59 Å². The number of benzene rings is 2. The number of halogens is 1. The van der Waals surface area contributed by atoms with Crippen molar-refractivity contribution in [2.45, 2.75) is 13.8 Å². The molecule has 0 aliphatic carbocycles. The predicted octanol–water partition coefficient (Wildman–Crippen LogP) is 4.29. The summed E-state index contributed by atoms with van der Waals surface area (Å²) in [5.74, 6) is -0.133. The first-order valence-corrected chi connectivity index (χ1v) is 8.94. The van der Waals surface area contributed by atoms with E-state index in [0.29, 0.717) is 23.5 Å². The lowest BCUT2D eigenvalue weighted by Gasteiger charge is -2.09. The molecule has 0 aromatic heterocycles. The van der Waals surface area contributed by atoms with Crippen LogP contribution in [0.2, 0.25) is 0 Å². The van der Waals surface area contributed by atoms with Crippen molar-refractivity contribution in [1.29, 1.82) is 0 Å². The standard InChI is InChI=1S/C20H17BrN2O3/c1-3-26-18-10-9-14(12-17(18)21)11-16-13(2)22-23(20(16)25)19(24)15-7-5-4-6-8-15/h4-12H,3H2,1-2H3/b16-11+. The molecule has 0 unspecified atom stereocenters. The molecule has 2 amide bonds. The summed E-state index contributed by atoms with van der Waals surface area (Å²) < 4.78 is 6.29. The van der Waals surface area contributed by atoms with Crippen LogP contribution in [0.5, 0.6) is 5.75 Å². The summed E-state index contributed by atoms with van der Waals surface area (Å²) in [6, 6.07) is 14.2. The molecule has 0 radical (unpaired) electrons. The van der Waals surface area contributed by atoms with Crippen LogP contribution in [-0.4, -0.2) is 29.1 Å². The molecule has 0 spiro atoms. The molecule has 1 heterocycles. The first-order chi connectivity index (χ1) is 12.5. The third-order valence-electron chi connectivity index (χ3n) is 3.84. The molecule has 0 bridgehead atoms. The van der Waals surface area contributed by atoms with E-state index in [1.54, 1.807) is 37.3 Å². The zero-order chi connectivity index (χ0) is 18.7. The molecule has 1 aliphatic heterocycles. The average molecular weight is 413 g/mol. The minimum atomic E-state index is -0.439. The topological polar surface area (TPSA) is 59.0 Å². The van der Waals surface area contributed by atoms with Gasteiger partial charge in [-0.2, -0.15) is 10.1 Å². The zero-order valence-electron chi connectivity index (χ0n) is 14.4. The number of rotatable bonds is 4. The summed E-state index contributed by atoms with van der Waals surface area (Å²) in [6.07, 6.45) is 1.72. The lowest BCUT2D eigenvalue weighted by molar-refractivity contribution is -0.123. The molecule has 2 aromatic carbocycles. The molecule has 0 atom stereocenters. The van der Waals surface area contributed by atoms with E-state index in [1.807, 2.05) is 31.2 Å². The van der Waals surface area contributed by atoms with Gasteiger partial charge in [-0.05, 0) is 65.7 Å². The van der Waals surface area contributed by atoms with Gasteiger partial charge < -0.3 is 4.74 Å². The summed E-state index contributed by atoms with van der Waals surface area (Å²) in [7, 11) is 0. The van der Waals surface area contributed by atoms with Gasteiger partial charge in [0.2, 0.25) is 0 Å². The third-order valence-corrected chi connectivity index (χ3v) is 4.46. The van der Waals surface area contributed by atoms with Crippen LogP contribution < -0.4 is 4.74 Å². The minimum Gasteiger partial charge on any atom is -0.493 e. The first-order valence-electron chi connectivity index (χ1n) is 8.14. The van der Waals surface area contributed by atoms with Crippen molar-refractivity contribution in [2.75, 3.05) is 6.61 Å². The van der Waals surface area contributed by atoms with Gasteiger partial charge in [0.05, 0.1) is 22.4 Å². The fourth-order valence-corrected chi connectivity index (χ4v) is 3.08. The minimum absolute atomic E-state index is 0.394. The number of carbonyl (C=O) groups is 2. The maximum absolute atomic E-state index is 12.7. The van der Waals surface area contributed by atoms with E-state index in [0.717, 1.165) is 20.8 Å². The van der Waals surface area contributed by atoms with Gasteiger partial charge in [0.15, 0.2) is 0 Å². The SMILES string of the molecule is CCOc1ccc(/C=C2/C(=O)N(C(=O)c3ccccc3)N=C2C)cc1Br. The number of carbonyl (C=O) groups excluding carboxylic acids is 2. The Labute approximate surface area is 160 Å². The molecule has 0 saturated carbocycles. The number of hydrogen-bond acceptors (Lipinski definition) is 4. The van der Waals surface area contributed by atoms with Crippen molar-refractivity contribution in [2.24, 2.45) is 5.10 Å². The van der Waals surface area contributed by atoms with Crippen molar-refractivity contribution in [3.63, 3.8) is 0 Å². The van der Waals surface area contributed by atoms with Gasteiger partial charge in [-0.15, -0.1) is 0 Å². The van der Waals surface area contributed by atoms with Gasteiger partial charge in [-0.25, -0.2) is 0 Å². The molecule has 3 rings (SSSR count). The molecule has 0 N–H and O–H groups in total. The van der Waals surface area contributed by atoms with Crippen LogP contribution in [0.1, 0.15) is 29.8 Å². The quantitative estimate of drug-likeness (QED) is 0.555. The number of nitrogens with zero attached hydrogens (tertiary/aromatic N) is 2. The molecular formula is C20H17BrN2O3. The van der Waals surface area contributed by atoms with Crippen LogP contribution in [-0.2, 0) is 4.79 Å². The lowest BCUT2D eigenvalue weighted by Crippen LogP contribution is -2.29. The lowest BCUT2D eigenvalue weighted by atomic mass is 10.1. The monoisotopic (exact) mass is 412 g/mol. The fourth-order valence-electron chi connectivity index (χ4n) is 2.57. The highest BCUT2D eigenvalue weighted by Crippen LogP contribution is 2.28. The van der Waals surface area contributed by atoms with Gasteiger partial charge >= 0.3 is 0 Å². The second kappa shape index (κ2) is 7.66. The summed E-state index contributed by atoms with van der Waals surface area (Å²) >= 11 is 3.46. The van der Waals surface area contributed by atoms with E-state index >= 15 is 0 Å². The number of amides is 2. The summed E-state index contributed by atoms with van der Waals surface area (Å²) in [6.45, 7) is 4.20. The van der Waals surface area contributed by atoms with Crippen molar-refractivity contribution < 1.29 is 14.3 Å². The molecule has 26 heavy (non-hydrogen) atoms. The van der Waals surface area contributed by atoms with Crippen LogP contribution in [0.3, 0.4) is 0 Å². The normalized spacial score (nSPS) is 15.3. The highest BCUT2D eigenvalue weighted by Gasteiger charge is 2.32. The third kappa shape index (κ3) is 3.60. The largest absolute Gasteiger partial charge is 0.493 e. The Hall–Kier alpha value is -2.73. The number of hydrazone groups is 1. The first kappa shape index (κ1) is 18.1. The maximum Gasteiger partial charge on any atom is 0.283 e. The summed E-state index contributed by atoms with van der Waals surface area (Å²) in [5.41, 5.74) is 2.13. The number of imide groups is 1. The maximum atomic E-state index is 12.7. The Morgan fingerprint density at radius 3 is 2.62 bits per heavy atom. The highest BCUT2D eigenvalue weighted by atomic mass is 79.9. The molecule has 0 saturated heterocycles. The molecule has 2 aromatic rings. The van der Waals surface area contributed by atoms with E-state index in [-0.39, 0.29) is 0 Å². The average Bonchev–Trinajstić information content (AvgIpc) is 2.92. The van der Waals surface area contributed by atoms with Crippen molar-refractivity contribution >= 4 is 39.5 Å². The Bertz CT molecular complexity index is 920. The van der Waals surface area contributed by atoms with Crippen molar-refractivity contribution in [3.05, 3.63) is 69.7 Å². The zero-order valence-corrected chi connectivity index (χ0v) is 16.0. The van der Waals surface area contributed by atoms with Gasteiger partial charge in [-0.1, -0.05) is 24.3 Å². The Kier molecular flexibility index (Phi) is 5.32. The number of hydrogen-bond donors (Lipinski definition) is 0. The van der Waals surface area contributed by atoms with Crippen LogP contribution >= 0.6 is 15.9 Å². The van der Waals surface area contributed by atoms with Crippen molar-refractivity contribution in [3.8, 4) is 5.75 Å². The van der Waals surface area contributed by atoms with E-state index in [9.17, 15) is 9.59 Å². The van der Waals surface area contributed by atoms with Gasteiger partial charge in [0, 0.05) is 5.56 Å². The highest BCUT2D eigenvalue weighted by molar-refractivity contribution is 9.10. The van der Waals surface area contributed by atoms with Crippen molar-refractivity contribution in [1.82, 2.24) is 5.01 Å². The smallest absolute Gasteiger partial charge is 0.283 e. The number of ether oxygens (including phenoxy) is 1. The molecule has 132 valence electrons.